The Morgan fingerprint density at radius 1 is 1.25 bits per heavy atom. The molecular weight excluding hydrogens is 417 g/mol. The summed E-state index contributed by atoms with van der Waals surface area (Å²) in [6.45, 7) is 6.64. The maximum Gasteiger partial charge on any atom is 0.193 e. The smallest absolute Gasteiger partial charge is 0.193 e. The van der Waals surface area contributed by atoms with Gasteiger partial charge < -0.3 is 19.7 Å². The van der Waals surface area contributed by atoms with Crippen LogP contribution in [0.5, 0.6) is 5.75 Å². The minimum absolute atomic E-state index is 0. The molecule has 24 heavy (non-hydrogen) atoms. The minimum atomic E-state index is 0. The van der Waals surface area contributed by atoms with Crippen LogP contribution < -0.4 is 10.1 Å². The third-order valence-electron chi connectivity index (χ3n) is 3.68. The van der Waals surface area contributed by atoms with Crippen molar-refractivity contribution < 1.29 is 9.47 Å². The van der Waals surface area contributed by atoms with E-state index in [4.69, 9.17) is 9.47 Å². The second-order valence-corrected chi connectivity index (χ2v) is 5.84. The normalized spacial score (nSPS) is 14.0. The Labute approximate surface area is 162 Å². The minimum Gasteiger partial charge on any atom is -0.492 e. The second-order valence-electron chi connectivity index (χ2n) is 5.84. The summed E-state index contributed by atoms with van der Waals surface area (Å²) in [6.07, 6.45) is 2.67. The molecule has 1 aliphatic rings. The lowest BCUT2D eigenvalue weighted by atomic mass is 10.3. The first-order valence-electron chi connectivity index (χ1n) is 8.54. The first-order chi connectivity index (χ1) is 11.3. The molecule has 0 bridgehead atoms. The van der Waals surface area contributed by atoms with Crippen LogP contribution in [0.15, 0.2) is 35.3 Å². The first-order valence-corrected chi connectivity index (χ1v) is 8.54. The highest BCUT2D eigenvalue weighted by Crippen LogP contribution is 2.28. The zero-order valence-corrected chi connectivity index (χ0v) is 17.1. The fourth-order valence-electron chi connectivity index (χ4n) is 2.14. The molecule has 1 fully saturated rings. The van der Waals surface area contributed by atoms with E-state index in [2.05, 4.69) is 22.1 Å². The number of rotatable bonds is 10. The molecule has 1 aromatic carbocycles. The van der Waals surface area contributed by atoms with Gasteiger partial charge in [0.1, 0.15) is 12.4 Å². The van der Waals surface area contributed by atoms with Crippen LogP contribution in [0.1, 0.15) is 19.8 Å². The standard InChI is InChI=1S/C18H29N3O2.HI/c1-3-19-18(21(2)12-14-22-15-16-9-10-16)20-11-13-23-17-7-5-4-6-8-17;/h4-8,16H,3,9-15H2,1-2H3,(H,19,20);1H. The van der Waals surface area contributed by atoms with Gasteiger partial charge in [0.15, 0.2) is 5.96 Å². The van der Waals surface area contributed by atoms with Crippen LogP contribution >= 0.6 is 24.0 Å². The zero-order valence-electron chi connectivity index (χ0n) is 14.7. The number of nitrogens with one attached hydrogen (secondary N) is 1. The molecule has 6 heteroatoms. The van der Waals surface area contributed by atoms with Gasteiger partial charge in [0.2, 0.25) is 0 Å². The molecule has 0 unspecified atom stereocenters. The van der Waals surface area contributed by atoms with Crippen molar-refractivity contribution in [3.05, 3.63) is 30.3 Å². The number of para-hydroxylation sites is 1. The van der Waals surface area contributed by atoms with Gasteiger partial charge >= 0.3 is 0 Å². The van der Waals surface area contributed by atoms with Crippen molar-refractivity contribution in [2.45, 2.75) is 19.8 Å². The van der Waals surface area contributed by atoms with Crippen molar-refractivity contribution in [3.8, 4) is 5.75 Å². The summed E-state index contributed by atoms with van der Waals surface area (Å²) < 4.78 is 11.4. The molecule has 1 N–H and O–H groups in total. The predicted octanol–water partition coefficient (Wildman–Crippen LogP) is 3.01. The number of aliphatic imine (C=N–C) groups is 1. The van der Waals surface area contributed by atoms with Crippen LogP contribution in [-0.2, 0) is 4.74 Å². The number of guanidine groups is 1. The average Bonchev–Trinajstić information content (AvgIpc) is 3.39. The first kappa shape index (κ1) is 21.0. The molecular formula is C18H30IN3O2. The van der Waals surface area contributed by atoms with Gasteiger partial charge in [0, 0.05) is 26.7 Å². The highest BCUT2D eigenvalue weighted by Gasteiger charge is 2.21. The maximum absolute atomic E-state index is 5.69. The van der Waals surface area contributed by atoms with Crippen molar-refractivity contribution in [2.24, 2.45) is 10.9 Å². The van der Waals surface area contributed by atoms with Gasteiger partial charge in [-0.2, -0.15) is 0 Å². The Bertz CT molecular complexity index is 467. The van der Waals surface area contributed by atoms with Gasteiger partial charge in [-0.15, -0.1) is 24.0 Å². The number of likely N-dealkylation sites (N-methyl/N-ethyl adjacent to an activating group) is 1. The molecule has 0 spiro atoms. The summed E-state index contributed by atoms with van der Waals surface area (Å²) in [7, 11) is 2.04. The van der Waals surface area contributed by atoms with Crippen LogP contribution in [0.3, 0.4) is 0 Å². The summed E-state index contributed by atoms with van der Waals surface area (Å²) >= 11 is 0. The quantitative estimate of drug-likeness (QED) is 0.259. The Hall–Kier alpha value is -1.02. The van der Waals surface area contributed by atoms with Gasteiger partial charge in [0.25, 0.3) is 0 Å². The van der Waals surface area contributed by atoms with Crippen LogP contribution in [0.4, 0.5) is 0 Å². The molecule has 1 saturated carbocycles. The summed E-state index contributed by atoms with van der Waals surface area (Å²) in [4.78, 5) is 6.72. The van der Waals surface area contributed by atoms with Crippen molar-refractivity contribution in [3.63, 3.8) is 0 Å². The lowest BCUT2D eigenvalue weighted by Gasteiger charge is -2.22. The van der Waals surface area contributed by atoms with E-state index in [0.717, 1.165) is 43.9 Å². The Balaban J connectivity index is 0.00000288. The third-order valence-corrected chi connectivity index (χ3v) is 3.68. The monoisotopic (exact) mass is 447 g/mol. The molecule has 0 aromatic heterocycles. The predicted molar refractivity (Wildman–Crippen MR) is 110 cm³/mol. The summed E-state index contributed by atoms with van der Waals surface area (Å²) in [5, 5.41) is 3.31. The lowest BCUT2D eigenvalue weighted by molar-refractivity contribution is 0.115. The topological polar surface area (TPSA) is 46.1 Å². The van der Waals surface area contributed by atoms with E-state index in [1.54, 1.807) is 0 Å². The van der Waals surface area contributed by atoms with Gasteiger partial charge in [-0.3, -0.25) is 0 Å². The van der Waals surface area contributed by atoms with E-state index < -0.39 is 0 Å². The highest BCUT2D eigenvalue weighted by molar-refractivity contribution is 14.0. The Morgan fingerprint density at radius 2 is 2.00 bits per heavy atom. The molecule has 0 aliphatic heterocycles. The number of hydrogen-bond donors (Lipinski definition) is 1. The van der Waals surface area contributed by atoms with Gasteiger partial charge in [-0.05, 0) is 37.8 Å². The SMILES string of the molecule is CCNC(=NCCOc1ccccc1)N(C)CCOCC1CC1.I. The van der Waals surface area contributed by atoms with Gasteiger partial charge in [-0.1, -0.05) is 18.2 Å². The van der Waals surface area contributed by atoms with E-state index in [1.807, 2.05) is 37.4 Å². The van der Waals surface area contributed by atoms with Crippen LogP contribution in [0, 0.1) is 5.92 Å². The molecule has 136 valence electrons. The van der Waals surface area contributed by atoms with Crippen molar-refractivity contribution >= 4 is 29.9 Å². The van der Waals surface area contributed by atoms with Crippen molar-refractivity contribution in [2.75, 3.05) is 46.5 Å². The van der Waals surface area contributed by atoms with E-state index in [0.29, 0.717) is 13.2 Å². The summed E-state index contributed by atoms with van der Waals surface area (Å²) in [6, 6.07) is 9.83. The Morgan fingerprint density at radius 3 is 2.67 bits per heavy atom. The molecule has 1 aromatic rings. The Kier molecular flexibility index (Phi) is 10.8. The van der Waals surface area contributed by atoms with E-state index in [1.165, 1.54) is 12.8 Å². The number of hydrogen-bond acceptors (Lipinski definition) is 3. The lowest BCUT2D eigenvalue weighted by Crippen LogP contribution is -2.40. The number of benzene rings is 1. The number of halogens is 1. The maximum atomic E-state index is 5.69. The fraction of sp³-hybridized carbons (Fsp3) is 0.611. The molecule has 0 radical (unpaired) electrons. The molecule has 1 aliphatic carbocycles. The largest absolute Gasteiger partial charge is 0.492 e. The molecule has 5 nitrogen and oxygen atoms in total. The van der Waals surface area contributed by atoms with Crippen LogP contribution in [0.25, 0.3) is 0 Å². The summed E-state index contributed by atoms with van der Waals surface area (Å²) in [5.41, 5.74) is 0. The van der Waals surface area contributed by atoms with Crippen LogP contribution in [0.2, 0.25) is 0 Å². The molecule has 0 saturated heterocycles. The number of nitrogens with zero attached hydrogens (tertiary/aromatic N) is 2. The zero-order chi connectivity index (χ0) is 16.3. The van der Waals surface area contributed by atoms with E-state index >= 15 is 0 Å². The highest BCUT2D eigenvalue weighted by atomic mass is 127. The van der Waals surface area contributed by atoms with E-state index in [9.17, 15) is 0 Å². The van der Waals surface area contributed by atoms with Crippen molar-refractivity contribution in [1.29, 1.82) is 0 Å². The third kappa shape index (κ3) is 8.73. The molecule has 0 heterocycles. The molecule has 0 amide bonds. The fourth-order valence-corrected chi connectivity index (χ4v) is 2.14. The number of ether oxygens (including phenoxy) is 2. The molecule has 0 atom stereocenters. The average molecular weight is 447 g/mol. The van der Waals surface area contributed by atoms with Gasteiger partial charge in [-0.25, -0.2) is 4.99 Å². The van der Waals surface area contributed by atoms with Crippen molar-refractivity contribution in [1.82, 2.24) is 10.2 Å². The molecule has 2 rings (SSSR count). The van der Waals surface area contributed by atoms with Gasteiger partial charge in [0.05, 0.1) is 13.2 Å². The second kappa shape index (κ2) is 12.4. The van der Waals surface area contributed by atoms with Crippen LogP contribution in [-0.4, -0.2) is 57.4 Å². The van der Waals surface area contributed by atoms with E-state index in [-0.39, 0.29) is 24.0 Å². The summed E-state index contributed by atoms with van der Waals surface area (Å²) in [5.74, 6) is 2.60.